The van der Waals surface area contributed by atoms with Crippen LogP contribution in [0.1, 0.15) is 11.1 Å². The van der Waals surface area contributed by atoms with Crippen molar-refractivity contribution in [3.63, 3.8) is 0 Å². The van der Waals surface area contributed by atoms with Crippen molar-refractivity contribution in [3.05, 3.63) is 128 Å². The van der Waals surface area contributed by atoms with Gasteiger partial charge in [-0.2, -0.15) is 9.78 Å². The van der Waals surface area contributed by atoms with E-state index in [4.69, 9.17) is 13.9 Å². The van der Waals surface area contributed by atoms with Crippen LogP contribution in [0.3, 0.4) is 0 Å². The van der Waals surface area contributed by atoms with Gasteiger partial charge in [0.1, 0.15) is 23.8 Å². The standard InChI is InChI=1S/C31H21FN4O6/c1-40-26-11-6-12-27-22(26)16-29(42-27)30-34-24-10-5-3-8-21(24)31(37)35(30)33-17-19-13-14-28(25(15-19)36(38)39)41-18-20-7-2-4-9-23(20)32/h2-17H,18H2,1H3. The van der Waals surface area contributed by atoms with E-state index in [1.54, 1.807) is 73.8 Å². The number of nitro groups is 1. The third-order valence-corrected chi connectivity index (χ3v) is 6.56. The van der Waals surface area contributed by atoms with Crippen LogP contribution in [0.4, 0.5) is 10.1 Å². The molecule has 0 saturated heterocycles. The molecule has 0 aliphatic rings. The Labute approximate surface area is 237 Å². The van der Waals surface area contributed by atoms with E-state index in [0.717, 1.165) is 4.68 Å². The van der Waals surface area contributed by atoms with Crippen molar-refractivity contribution in [1.29, 1.82) is 0 Å². The molecule has 10 nitrogen and oxygen atoms in total. The Hall–Kier alpha value is -5.84. The molecule has 2 aromatic heterocycles. The Kier molecular flexibility index (Phi) is 6.89. The number of para-hydroxylation sites is 1. The number of nitrogens with zero attached hydrogens (tertiary/aromatic N) is 4. The molecule has 0 aliphatic carbocycles. The van der Waals surface area contributed by atoms with E-state index in [-0.39, 0.29) is 35.2 Å². The second-order valence-electron chi connectivity index (χ2n) is 9.16. The zero-order chi connectivity index (χ0) is 29.2. The summed E-state index contributed by atoms with van der Waals surface area (Å²) in [4.78, 5) is 29.4. The molecular weight excluding hydrogens is 543 g/mol. The summed E-state index contributed by atoms with van der Waals surface area (Å²) in [6, 6.07) is 24.1. The van der Waals surface area contributed by atoms with Crippen molar-refractivity contribution < 1.29 is 23.2 Å². The summed E-state index contributed by atoms with van der Waals surface area (Å²) in [5, 5.41) is 17.2. The molecule has 42 heavy (non-hydrogen) atoms. The molecule has 4 aromatic carbocycles. The van der Waals surface area contributed by atoms with Gasteiger partial charge in [-0.15, -0.1) is 0 Å². The first-order chi connectivity index (χ1) is 20.4. The number of hydrogen-bond donors (Lipinski definition) is 0. The Bertz CT molecular complexity index is 2070. The fourth-order valence-electron chi connectivity index (χ4n) is 4.49. The molecule has 0 atom stereocenters. The third kappa shape index (κ3) is 4.94. The summed E-state index contributed by atoms with van der Waals surface area (Å²) in [7, 11) is 1.55. The molecule has 0 aliphatic heterocycles. The average Bonchev–Trinajstić information content (AvgIpc) is 3.45. The van der Waals surface area contributed by atoms with Gasteiger partial charge in [-0.3, -0.25) is 14.9 Å². The summed E-state index contributed by atoms with van der Waals surface area (Å²) >= 11 is 0. The normalized spacial score (nSPS) is 11.4. The topological polar surface area (TPSA) is 122 Å². The first-order valence-electron chi connectivity index (χ1n) is 12.7. The molecule has 0 saturated carbocycles. The summed E-state index contributed by atoms with van der Waals surface area (Å²) in [5.74, 6) is 0.481. The van der Waals surface area contributed by atoms with E-state index in [1.165, 1.54) is 30.5 Å². The molecule has 0 amide bonds. The largest absolute Gasteiger partial charge is 0.496 e. The Morgan fingerprint density at radius 3 is 2.62 bits per heavy atom. The Morgan fingerprint density at radius 1 is 1.00 bits per heavy atom. The van der Waals surface area contributed by atoms with E-state index >= 15 is 0 Å². The zero-order valence-electron chi connectivity index (χ0n) is 22.1. The number of benzene rings is 4. The molecule has 6 rings (SSSR count). The van der Waals surface area contributed by atoms with Gasteiger partial charge in [0, 0.05) is 17.2 Å². The van der Waals surface area contributed by atoms with Crippen molar-refractivity contribution in [3.8, 4) is 23.1 Å². The predicted octanol–water partition coefficient (Wildman–Crippen LogP) is 6.33. The van der Waals surface area contributed by atoms with Gasteiger partial charge in [-0.25, -0.2) is 9.37 Å². The highest BCUT2D eigenvalue weighted by Crippen LogP contribution is 2.33. The van der Waals surface area contributed by atoms with Crippen LogP contribution in [-0.4, -0.2) is 27.9 Å². The van der Waals surface area contributed by atoms with Crippen molar-refractivity contribution in [2.45, 2.75) is 6.61 Å². The molecule has 0 radical (unpaired) electrons. The Balaban J connectivity index is 1.41. The third-order valence-electron chi connectivity index (χ3n) is 6.56. The zero-order valence-corrected chi connectivity index (χ0v) is 22.1. The number of furan rings is 1. The molecule has 0 fully saturated rings. The van der Waals surface area contributed by atoms with Gasteiger partial charge in [0.15, 0.2) is 11.5 Å². The van der Waals surface area contributed by atoms with Gasteiger partial charge in [-0.1, -0.05) is 36.4 Å². The molecule has 0 N–H and O–H groups in total. The molecule has 208 valence electrons. The minimum atomic E-state index is -0.606. The summed E-state index contributed by atoms with van der Waals surface area (Å²) in [6.45, 7) is -0.190. The first kappa shape index (κ1) is 26.4. The second kappa shape index (κ2) is 11.0. The van der Waals surface area contributed by atoms with E-state index < -0.39 is 16.3 Å². The number of rotatable bonds is 8. The van der Waals surface area contributed by atoms with Crippen LogP contribution in [-0.2, 0) is 6.61 Å². The predicted molar refractivity (Wildman–Crippen MR) is 155 cm³/mol. The number of fused-ring (bicyclic) bond motifs is 2. The number of nitro benzene ring substituents is 1. The summed E-state index contributed by atoms with van der Waals surface area (Å²) in [5.41, 5.74) is 0.753. The Morgan fingerprint density at radius 2 is 1.81 bits per heavy atom. The monoisotopic (exact) mass is 564 g/mol. The van der Waals surface area contributed by atoms with Gasteiger partial charge < -0.3 is 13.9 Å². The quantitative estimate of drug-likeness (QED) is 0.120. The van der Waals surface area contributed by atoms with E-state index in [9.17, 15) is 19.3 Å². The lowest BCUT2D eigenvalue weighted by molar-refractivity contribution is -0.386. The van der Waals surface area contributed by atoms with Crippen LogP contribution in [0.25, 0.3) is 33.5 Å². The SMILES string of the molecule is COc1cccc2oc(-c3nc4ccccc4c(=O)n3N=Cc3ccc(OCc4ccccc4F)c([N+](=O)[O-])c3)cc12. The van der Waals surface area contributed by atoms with Gasteiger partial charge >= 0.3 is 5.69 Å². The van der Waals surface area contributed by atoms with Crippen molar-refractivity contribution in [2.24, 2.45) is 5.10 Å². The first-order valence-corrected chi connectivity index (χ1v) is 12.7. The molecule has 2 heterocycles. The lowest BCUT2D eigenvalue weighted by atomic mass is 10.2. The van der Waals surface area contributed by atoms with Gasteiger partial charge in [0.2, 0.25) is 5.82 Å². The number of methoxy groups -OCH3 is 1. The minimum Gasteiger partial charge on any atom is -0.496 e. The minimum absolute atomic E-state index is 0.0400. The maximum absolute atomic E-state index is 14.0. The number of ether oxygens (including phenoxy) is 2. The van der Waals surface area contributed by atoms with E-state index in [0.29, 0.717) is 33.2 Å². The van der Waals surface area contributed by atoms with Crippen molar-refractivity contribution in [2.75, 3.05) is 7.11 Å². The second-order valence-corrected chi connectivity index (χ2v) is 9.16. The molecule has 11 heteroatoms. The maximum Gasteiger partial charge on any atom is 0.311 e. The van der Waals surface area contributed by atoms with Crippen LogP contribution in [0.2, 0.25) is 0 Å². The molecule has 0 spiro atoms. The van der Waals surface area contributed by atoms with Gasteiger partial charge in [-0.05, 0) is 48.5 Å². The molecule has 0 bridgehead atoms. The summed E-state index contributed by atoms with van der Waals surface area (Å²) < 4.78 is 32.1. The smallest absolute Gasteiger partial charge is 0.311 e. The molecular formula is C31H21FN4O6. The fraction of sp³-hybridized carbons (Fsp3) is 0.0645. The number of hydrogen-bond acceptors (Lipinski definition) is 8. The lowest BCUT2D eigenvalue weighted by Crippen LogP contribution is -2.20. The molecule has 0 unspecified atom stereocenters. The van der Waals surface area contributed by atoms with Crippen LogP contribution in [0.15, 0.2) is 105 Å². The van der Waals surface area contributed by atoms with E-state index in [1.807, 2.05) is 0 Å². The summed E-state index contributed by atoms with van der Waals surface area (Å²) in [6.07, 6.45) is 1.30. The van der Waals surface area contributed by atoms with Crippen LogP contribution < -0.4 is 15.0 Å². The number of aromatic nitrogens is 2. The van der Waals surface area contributed by atoms with Crippen LogP contribution in [0.5, 0.6) is 11.5 Å². The van der Waals surface area contributed by atoms with E-state index in [2.05, 4.69) is 10.1 Å². The van der Waals surface area contributed by atoms with Crippen LogP contribution in [0, 0.1) is 15.9 Å². The van der Waals surface area contributed by atoms with Crippen LogP contribution >= 0.6 is 0 Å². The number of halogens is 1. The highest BCUT2D eigenvalue weighted by atomic mass is 19.1. The van der Waals surface area contributed by atoms with Crippen molar-refractivity contribution >= 4 is 33.8 Å². The maximum atomic E-state index is 14.0. The highest BCUT2D eigenvalue weighted by molar-refractivity contribution is 5.88. The van der Waals surface area contributed by atoms with Gasteiger partial charge in [0.05, 0.1) is 34.5 Å². The van der Waals surface area contributed by atoms with Gasteiger partial charge in [0.25, 0.3) is 5.56 Å². The average molecular weight is 565 g/mol. The molecule has 6 aromatic rings. The van der Waals surface area contributed by atoms with Crippen molar-refractivity contribution in [1.82, 2.24) is 9.66 Å². The lowest BCUT2D eigenvalue weighted by Gasteiger charge is -2.09. The highest BCUT2D eigenvalue weighted by Gasteiger charge is 2.19. The fourth-order valence-corrected chi connectivity index (χ4v) is 4.49.